The third-order valence-corrected chi connectivity index (χ3v) is 12.5. The molecule has 0 aliphatic heterocycles. The number of nitrogens with zero attached hydrogens (tertiary/aromatic N) is 2. The zero-order chi connectivity index (χ0) is 38.6. The molecule has 0 spiro atoms. The Kier molecular flexibility index (Phi) is 6.72. The van der Waals surface area contributed by atoms with Crippen LogP contribution in [-0.4, -0.2) is 9.13 Å². The summed E-state index contributed by atoms with van der Waals surface area (Å²) in [5, 5.41) is 12.3. The summed E-state index contributed by atoms with van der Waals surface area (Å²) in [7, 11) is 0. The largest absolute Gasteiger partial charge is 0.454 e. The molecule has 3 heterocycles. The van der Waals surface area contributed by atoms with Crippen LogP contribution < -0.4 is 0 Å². The number of hydrogen-bond acceptors (Lipinski definition) is 1. The lowest BCUT2D eigenvalue weighted by atomic mass is 9.93. The fourth-order valence-electron chi connectivity index (χ4n) is 9.83. The van der Waals surface area contributed by atoms with Crippen molar-refractivity contribution < 1.29 is 4.42 Å². The van der Waals surface area contributed by atoms with Gasteiger partial charge in [-0.1, -0.05) is 146 Å². The average molecular weight is 751 g/mol. The maximum atomic E-state index is 6.55. The molecule has 0 saturated carbocycles. The van der Waals surface area contributed by atoms with Gasteiger partial charge in [-0.05, 0) is 104 Å². The van der Waals surface area contributed by atoms with Crippen molar-refractivity contribution in [2.24, 2.45) is 0 Å². The van der Waals surface area contributed by atoms with Gasteiger partial charge in [0, 0.05) is 38.0 Å². The molecule has 0 aliphatic carbocycles. The number of benzene rings is 10. The van der Waals surface area contributed by atoms with Crippen molar-refractivity contribution in [2.75, 3.05) is 0 Å². The van der Waals surface area contributed by atoms with E-state index in [9.17, 15) is 0 Å². The summed E-state index contributed by atoms with van der Waals surface area (Å²) in [6, 6.07) is 75.1. The molecule has 0 bridgehead atoms. The minimum Gasteiger partial charge on any atom is -0.454 e. The fraction of sp³-hybridized carbons (Fsp3) is 0. The van der Waals surface area contributed by atoms with Gasteiger partial charge in [0.25, 0.3) is 0 Å². The second-order valence-electron chi connectivity index (χ2n) is 15.7. The van der Waals surface area contributed by atoms with Gasteiger partial charge in [0.1, 0.15) is 5.58 Å². The zero-order valence-electron chi connectivity index (χ0n) is 31.9. The zero-order valence-corrected chi connectivity index (χ0v) is 31.9. The quantitative estimate of drug-likeness (QED) is 0.164. The van der Waals surface area contributed by atoms with Gasteiger partial charge in [0.2, 0.25) is 0 Å². The minimum atomic E-state index is 0.900. The van der Waals surface area contributed by atoms with E-state index >= 15 is 0 Å². The number of hydrogen-bond donors (Lipinski definition) is 0. The number of furan rings is 1. The van der Waals surface area contributed by atoms with Crippen LogP contribution in [0.1, 0.15) is 0 Å². The van der Waals surface area contributed by atoms with E-state index in [0.717, 1.165) is 44.3 Å². The molecule has 0 fully saturated rings. The highest BCUT2D eigenvalue weighted by atomic mass is 16.3. The molecular formula is C56H34N2O. The average Bonchev–Trinajstić information content (AvgIpc) is 3.96. The molecule has 13 aromatic rings. The maximum Gasteiger partial charge on any atom is 0.159 e. The van der Waals surface area contributed by atoms with Gasteiger partial charge >= 0.3 is 0 Å². The van der Waals surface area contributed by atoms with Crippen LogP contribution in [0.25, 0.3) is 121 Å². The van der Waals surface area contributed by atoms with E-state index in [2.05, 4.69) is 209 Å². The van der Waals surface area contributed by atoms with Gasteiger partial charge in [-0.2, -0.15) is 0 Å². The molecular weight excluding hydrogens is 717 g/mol. The predicted octanol–water partition coefficient (Wildman–Crippen LogP) is 15.4. The summed E-state index contributed by atoms with van der Waals surface area (Å²) < 4.78 is 11.3. The fourth-order valence-corrected chi connectivity index (χ4v) is 9.83. The lowest BCUT2D eigenvalue weighted by molar-refractivity contribution is 0.666. The summed E-state index contributed by atoms with van der Waals surface area (Å²) >= 11 is 0. The lowest BCUT2D eigenvalue weighted by Crippen LogP contribution is -1.95. The third kappa shape index (κ3) is 4.70. The van der Waals surface area contributed by atoms with Crippen LogP contribution in [0.3, 0.4) is 0 Å². The van der Waals surface area contributed by atoms with E-state index in [0.29, 0.717) is 0 Å². The SMILES string of the molecule is c1ccc2c(c1)cc(-c1ccc(-n3c4ccccc4c4ccc(-c5ccc6c(c5)c5ccccc5n6-c5cccc6c5oc5ccccc56)cc43)cc1)c1ccccc12. The van der Waals surface area contributed by atoms with Gasteiger partial charge in [-0.15, -0.1) is 0 Å². The maximum absolute atomic E-state index is 6.55. The first-order valence-corrected chi connectivity index (χ1v) is 20.3. The Bertz CT molecular complexity index is 3840. The summed E-state index contributed by atoms with van der Waals surface area (Å²) in [6.45, 7) is 0. The van der Waals surface area contributed by atoms with Crippen molar-refractivity contribution in [3.05, 3.63) is 206 Å². The van der Waals surface area contributed by atoms with E-state index < -0.39 is 0 Å². The van der Waals surface area contributed by atoms with E-state index in [1.807, 2.05) is 6.07 Å². The van der Waals surface area contributed by atoms with Crippen molar-refractivity contribution in [1.82, 2.24) is 9.13 Å². The van der Waals surface area contributed by atoms with Crippen molar-refractivity contribution >= 4 is 87.1 Å². The van der Waals surface area contributed by atoms with Gasteiger partial charge in [0.15, 0.2) is 5.58 Å². The molecule has 59 heavy (non-hydrogen) atoms. The van der Waals surface area contributed by atoms with Crippen LogP contribution in [0.2, 0.25) is 0 Å². The molecule has 0 atom stereocenters. The van der Waals surface area contributed by atoms with Crippen LogP contribution in [-0.2, 0) is 0 Å². The Hall–Kier alpha value is -7.88. The highest BCUT2D eigenvalue weighted by molar-refractivity contribution is 6.16. The molecule has 274 valence electrons. The van der Waals surface area contributed by atoms with E-state index in [4.69, 9.17) is 4.42 Å². The van der Waals surface area contributed by atoms with Crippen molar-refractivity contribution in [2.45, 2.75) is 0 Å². The molecule has 10 aromatic carbocycles. The molecule has 0 saturated heterocycles. The second kappa shape index (κ2) is 12.3. The Morgan fingerprint density at radius 2 is 0.881 bits per heavy atom. The molecule has 13 rings (SSSR count). The normalized spacial score (nSPS) is 12.1. The first-order chi connectivity index (χ1) is 29.3. The Balaban J connectivity index is 0.965. The molecule has 0 amide bonds. The topological polar surface area (TPSA) is 23.0 Å². The minimum absolute atomic E-state index is 0.900. The molecule has 0 N–H and O–H groups in total. The van der Waals surface area contributed by atoms with Gasteiger partial charge in [-0.3, -0.25) is 0 Å². The predicted molar refractivity (Wildman–Crippen MR) is 248 cm³/mol. The first kappa shape index (κ1) is 32.2. The van der Waals surface area contributed by atoms with E-state index in [-0.39, 0.29) is 0 Å². The van der Waals surface area contributed by atoms with Crippen LogP contribution in [0.4, 0.5) is 0 Å². The van der Waals surface area contributed by atoms with Crippen molar-refractivity contribution in [3.63, 3.8) is 0 Å². The molecule has 3 heteroatoms. The molecule has 3 aromatic heterocycles. The number of fused-ring (bicyclic) bond motifs is 12. The Labute approximate surface area is 339 Å². The van der Waals surface area contributed by atoms with Gasteiger partial charge in [-0.25, -0.2) is 0 Å². The molecule has 0 radical (unpaired) electrons. The first-order valence-electron chi connectivity index (χ1n) is 20.3. The van der Waals surface area contributed by atoms with Crippen LogP contribution in [0.5, 0.6) is 0 Å². The molecule has 0 unspecified atom stereocenters. The van der Waals surface area contributed by atoms with Crippen molar-refractivity contribution in [3.8, 4) is 33.6 Å². The van der Waals surface area contributed by atoms with E-state index in [1.54, 1.807) is 0 Å². The number of rotatable bonds is 4. The van der Waals surface area contributed by atoms with E-state index in [1.165, 1.54) is 76.4 Å². The van der Waals surface area contributed by atoms with Crippen LogP contribution in [0, 0.1) is 0 Å². The lowest BCUT2D eigenvalue weighted by Gasteiger charge is -2.13. The van der Waals surface area contributed by atoms with Crippen LogP contribution >= 0.6 is 0 Å². The van der Waals surface area contributed by atoms with Gasteiger partial charge in [0.05, 0.1) is 27.8 Å². The Morgan fingerprint density at radius 1 is 0.305 bits per heavy atom. The number of para-hydroxylation sites is 4. The summed E-state index contributed by atoms with van der Waals surface area (Å²) in [5.41, 5.74) is 13.5. The van der Waals surface area contributed by atoms with Crippen LogP contribution in [0.15, 0.2) is 211 Å². The second-order valence-corrected chi connectivity index (χ2v) is 15.7. The summed E-state index contributed by atoms with van der Waals surface area (Å²) in [4.78, 5) is 0. The summed E-state index contributed by atoms with van der Waals surface area (Å²) in [5.74, 6) is 0. The highest BCUT2D eigenvalue weighted by Crippen LogP contribution is 2.41. The Morgan fingerprint density at radius 3 is 1.71 bits per heavy atom. The summed E-state index contributed by atoms with van der Waals surface area (Å²) in [6.07, 6.45) is 0. The molecule has 0 aliphatic rings. The number of aromatic nitrogens is 2. The molecule has 3 nitrogen and oxygen atoms in total. The van der Waals surface area contributed by atoms with Crippen molar-refractivity contribution in [1.29, 1.82) is 0 Å². The smallest absolute Gasteiger partial charge is 0.159 e. The third-order valence-electron chi connectivity index (χ3n) is 12.5. The highest BCUT2D eigenvalue weighted by Gasteiger charge is 2.19. The standard InChI is InChI=1S/C56H34N2O/c1-2-13-40-38(12-1)33-48(42-15-4-3-14-41(40)42)35-24-28-39(29-25-35)57-50-20-8-5-16-43(50)45-30-26-37(34-54(45)57)36-27-31-52-49(32-36)44-17-6-9-21-51(44)58(52)53-22-11-19-47-46-18-7-10-23-55(46)59-56(47)53/h1-34H. The van der Waals surface area contributed by atoms with Gasteiger partial charge < -0.3 is 13.6 Å². The monoisotopic (exact) mass is 750 g/mol.